The molecule has 0 spiro atoms. The highest BCUT2D eigenvalue weighted by atomic mass is 16.5. The van der Waals surface area contributed by atoms with Crippen LogP contribution in [0.1, 0.15) is 5.56 Å². The minimum absolute atomic E-state index is 0.130. The molecule has 1 aromatic carbocycles. The van der Waals surface area contributed by atoms with Gasteiger partial charge in [-0.15, -0.1) is 0 Å². The molecule has 1 N–H and O–H groups in total. The van der Waals surface area contributed by atoms with E-state index >= 15 is 0 Å². The summed E-state index contributed by atoms with van der Waals surface area (Å²) in [5.74, 6) is 1.14. The van der Waals surface area contributed by atoms with Crippen molar-refractivity contribution in [2.75, 3.05) is 41.9 Å². The van der Waals surface area contributed by atoms with Crippen LogP contribution in [-0.4, -0.2) is 58.5 Å². The van der Waals surface area contributed by atoms with Crippen LogP contribution in [0.25, 0.3) is 0 Å². The SMILES string of the molecule is COc1ccc(/C=N\NC(=O)C[N+](C)(C)C)cc1OC. The summed E-state index contributed by atoms with van der Waals surface area (Å²) < 4.78 is 10.9. The number of ether oxygens (including phenoxy) is 2. The number of amides is 1. The Kier molecular flexibility index (Phi) is 5.52. The number of hydrogen-bond acceptors (Lipinski definition) is 4. The quantitative estimate of drug-likeness (QED) is 0.477. The van der Waals surface area contributed by atoms with Gasteiger partial charge in [0.1, 0.15) is 0 Å². The molecule has 1 aromatic rings. The molecule has 0 aromatic heterocycles. The smallest absolute Gasteiger partial charge is 0.295 e. The largest absolute Gasteiger partial charge is 0.493 e. The van der Waals surface area contributed by atoms with E-state index in [2.05, 4.69) is 10.5 Å². The van der Waals surface area contributed by atoms with Crippen LogP contribution >= 0.6 is 0 Å². The lowest BCUT2D eigenvalue weighted by Gasteiger charge is -2.21. The van der Waals surface area contributed by atoms with E-state index in [0.29, 0.717) is 22.5 Å². The molecule has 110 valence electrons. The average molecular weight is 280 g/mol. The van der Waals surface area contributed by atoms with Crippen LogP contribution in [-0.2, 0) is 4.79 Å². The van der Waals surface area contributed by atoms with Crippen molar-refractivity contribution in [1.29, 1.82) is 0 Å². The molecule has 20 heavy (non-hydrogen) atoms. The number of rotatable bonds is 6. The molecule has 6 heteroatoms. The number of quaternary nitrogens is 1. The lowest BCUT2D eigenvalue weighted by molar-refractivity contribution is -0.862. The normalized spacial score (nSPS) is 11.4. The van der Waals surface area contributed by atoms with E-state index in [-0.39, 0.29) is 5.91 Å². The van der Waals surface area contributed by atoms with Gasteiger partial charge in [0.15, 0.2) is 18.0 Å². The Morgan fingerprint density at radius 3 is 2.45 bits per heavy atom. The van der Waals surface area contributed by atoms with Crippen molar-refractivity contribution in [2.24, 2.45) is 5.10 Å². The van der Waals surface area contributed by atoms with Gasteiger partial charge in [-0.05, 0) is 23.8 Å². The molecule has 1 amide bonds. The summed E-state index contributed by atoms with van der Waals surface area (Å²) in [6.45, 7) is 0.364. The fourth-order valence-electron chi connectivity index (χ4n) is 1.58. The Morgan fingerprint density at radius 1 is 1.25 bits per heavy atom. The van der Waals surface area contributed by atoms with Gasteiger partial charge in [-0.2, -0.15) is 5.10 Å². The van der Waals surface area contributed by atoms with Gasteiger partial charge in [0, 0.05) is 0 Å². The lowest BCUT2D eigenvalue weighted by atomic mass is 10.2. The molecule has 0 aliphatic rings. The highest BCUT2D eigenvalue weighted by Crippen LogP contribution is 2.26. The van der Waals surface area contributed by atoms with E-state index in [9.17, 15) is 4.79 Å². The number of hydrogen-bond donors (Lipinski definition) is 1. The Bertz CT molecular complexity index is 493. The minimum Gasteiger partial charge on any atom is -0.493 e. The summed E-state index contributed by atoms with van der Waals surface area (Å²) in [6, 6.07) is 5.40. The summed E-state index contributed by atoms with van der Waals surface area (Å²) in [5.41, 5.74) is 3.31. The van der Waals surface area contributed by atoms with Gasteiger partial charge in [0.05, 0.1) is 41.6 Å². The lowest BCUT2D eigenvalue weighted by Crippen LogP contribution is -2.43. The van der Waals surface area contributed by atoms with Crippen LogP contribution in [0.3, 0.4) is 0 Å². The molecule has 0 aliphatic heterocycles. The van der Waals surface area contributed by atoms with Crippen molar-refractivity contribution in [3.63, 3.8) is 0 Å². The first-order valence-electron chi connectivity index (χ1n) is 6.20. The van der Waals surface area contributed by atoms with E-state index in [1.165, 1.54) is 0 Å². The zero-order valence-electron chi connectivity index (χ0n) is 12.6. The average Bonchev–Trinajstić information content (AvgIpc) is 2.36. The summed E-state index contributed by atoms with van der Waals surface area (Å²) in [5, 5.41) is 3.93. The maximum absolute atomic E-state index is 11.6. The first kappa shape index (κ1) is 16.0. The van der Waals surface area contributed by atoms with Gasteiger partial charge in [0.25, 0.3) is 5.91 Å². The second-order valence-corrected chi connectivity index (χ2v) is 5.36. The molecule has 0 saturated carbocycles. The number of methoxy groups -OCH3 is 2. The zero-order valence-corrected chi connectivity index (χ0v) is 12.6. The molecule has 0 atom stereocenters. The van der Waals surface area contributed by atoms with Crippen LogP contribution in [0.5, 0.6) is 11.5 Å². The molecule has 0 fully saturated rings. The second kappa shape index (κ2) is 6.91. The number of nitrogens with zero attached hydrogens (tertiary/aromatic N) is 2. The third kappa shape index (κ3) is 5.27. The Balaban J connectivity index is 2.65. The van der Waals surface area contributed by atoms with Crippen molar-refractivity contribution < 1.29 is 18.8 Å². The molecular weight excluding hydrogens is 258 g/mol. The van der Waals surface area contributed by atoms with Crippen LogP contribution in [0.4, 0.5) is 0 Å². The van der Waals surface area contributed by atoms with Gasteiger partial charge in [-0.1, -0.05) is 0 Å². The predicted octanol–water partition coefficient (Wildman–Crippen LogP) is 0.860. The Morgan fingerprint density at radius 2 is 1.90 bits per heavy atom. The fourth-order valence-corrected chi connectivity index (χ4v) is 1.58. The van der Waals surface area contributed by atoms with E-state index in [0.717, 1.165) is 5.56 Å². The first-order valence-corrected chi connectivity index (χ1v) is 6.20. The molecule has 0 radical (unpaired) electrons. The number of carbonyl (C=O) groups excluding carboxylic acids is 1. The fraction of sp³-hybridized carbons (Fsp3) is 0.429. The summed E-state index contributed by atoms with van der Waals surface area (Å²) >= 11 is 0. The minimum atomic E-state index is -0.130. The summed E-state index contributed by atoms with van der Waals surface area (Å²) in [6.07, 6.45) is 1.56. The number of benzene rings is 1. The first-order chi connectivity index (χ1) is 9.35. The number of likely N-dealkylation sites (N-methyl/N-ethyl adjacent to an activating group) is 1. The second-order valence-electron chi connectivity index (χ2n) is 5.36. The number of carbonyl (C=O) groups is 1. The van der Waals surface area contributed by atoms with Crippen LogP contribution in [0, 0.1) is 0 Å². The number of hydrazone groups is 1. The summed E-state index contributed by atoms with van der Waals surface area (Å²) in [4.78, 5) is 11.6. The van der Waals surface area contributed by atoms with Gasteiger partial charge < -0.3 is 14.0 Å². The molecule has 0 heterocycles. The van der Waals surface area contributed by atoms with Crippen molar-refractivity contribution >= 4 is 12.1 Å². The molecular formula is C14H22N3O3+. The highest BCUT2D eigenvalue weighted by molar-refractivity contribution is 5.83. The monoisotopic (exact) mass is 280 g/mol. The molecule has 6 nitrogen and oxygen atoms in total. The maximum Gasteiger partial charge on any atom is 0.295 e. The molecule has 0 bridgehead atoms. The van der Waals surface area contributed by atoms with Gasteiger partial charge in [-0.25, -0.2) is 5.43 Å². The van der Waals surface area contributed by atoms with E-state index in [1.807, 2.05) is 27.2 Å². The third-order valence-corrected chi connectivity index (χ3v) is 2.43. The molecule has 0 aliphatic carbocycles. The standard InChI is InChI=1S/C14H21N3O3/c1-17(2,3)10-14(18)16-15-9-11-6-7-12(19-4)13(8-11)20-5/h6-9H,10H2,1-5H3/p+1/b15-9-. The van der Waals surface area contributed by atoms with Crippen molar-refractivity contribution in [3.05, 3.63) is 23.8 Å². The van der Waals surface area contributed by atoms with Crippen LogP contribution in [0.15, 0.2) is 23.3 Å². The zero-order chi connectivity index (χ0) is 15.2. The third-order valence-electron chi connectivity index (χ3n) is 2.43. The summed E-state index contributed by atoms with van der Waals surface area (Å²) in [7, 11) is 8.98. The van der Waals surface area contributed by atoms with Gasteiger partial charge in [-0.3, -0.25) is 4.79 Å². The van der Waals surface area contributed by atoms with E-state index < -0.39 is 0 Å². The van der Waals surface area contributed by atoms with Gasteiger partial charge in [0.2, 0.25) is 0 Å². The van der Waals surface area contributed by atoms with Crippen LogP contribution < -0.4 is 14.9 Å². The molecule has 0 saturated heterocycles. The van der Waals surface area contributed by atoms with Gasteiger partial charge >= 0.3 is 0 Å². The Hall–Kier alpha value is -2.08. The van der Waals surface area contributed by atoms with Crippen molar-refractivity contribution in [2.45, 2.75) is 0 Å². The highest BCUT2D eigenvalue weighted by Gasteiger charge is 2.13. The van der Waals surface area contributed by atoms with Crippen LogP contribution in [0.2, 0.25) is 0 Å². The van der Waals surface area contributed by atoms with Crippen molar-refractivity contribution in [3.8, 4) is 11.5 Å². The van der Waals surface area contributed by atoms with Crippen molar-refractivity contribution in [1.82, 2.24) is 5.43 Å². The van der Waals surface area contributed by atoms with E-state index in [4.69, 9.17) is 9.47 Å². The van der Waals surface area contributed by atoms with E-state index in [1.54, 1.807) is 32.6 Å². The number of nitrogens with one attached hydrogen (secondary N) is 1. The maximum atomic E-state index is 11.6. The Labute approximate surface area is 119 Å². The topological polar surface area (TPSA) is 59.9 Å². The predicted molar refractivity (Wildman–Crippen MR) is 78.2 cm³/mol. The molecule has 1 rings (SSSR count). The molecule has 0 unspecified atom stereocenters.